The van der Waals surface area contributed by atoms with Gasteiger partial charge in [-0.3, -0.25) is 4.79 Å². The summed E-state index contributed by atoms with van der Waals surface area (Å²) in [4.78, 5) is 12.1. The van der Waals surface area contributed by atoms with Gasteiger partial charge in [-0.25, -0.2) is 8.78 Å². The molecule has 0 aliphatic heterocycles. The zero-order valence-corrected chi connectivity index (χ0v) is 10.4. The highest BCUT2D eigenvalue weighted by molar-refractivity contribution is 6.41. The second-order valence-electron chi connectivity index (χ2n) is 3.55. The zero-order valence-electron chi connectivity index (χ0n) is 8.88. The quantitative estimate of drug-likeness (QED) is 0.743. The third-order valence-electron chi connectivity index (χ3n) is 2.37. The van der Waals surface area contributed by atoms with Crippen molar-refractivity contribution in [2.24, 2.45) is 0 Å². The van der Waals surface area contributed by atoms with Crippen LogP contribution in [0, 0.1) is 11.6 Å². The smallest absolute Gasteiger partial charge is 0.196 e. The number of ketones is 1. The first kappa shape index (κ1) is 13.0. The Balaban J connectivity index is 2.51. The molecule has 0 spiro atoms. The lowest BCUT2D eigenvalue weighted by Gasteiger charge is -2.06. The van der Waals surface area contributed by atoms with E-state index in [0.29, 0.717) is 0 Å². The molecule has 18 heavy (non-hydrogen) atoms. The van der Waals surface area contributed by atoms with E-state index in [4.69, 9.17) is 23.2 Å². The Morgan fingerprint density at radius 2 is 1.56 bits per heavy atom. The maximum absolute atomic E-state index is 13.1. The van der Waals surface area contributed by atoms with Crippen molar-refractivity contribution >= 4 is 29.0 Å². The molecule has 0 aliphatic carbocycles. The first-order valence-electron chi connectivity index (χ1n) is 4.94. The van der Waals surface area contributed by atoms with Crippen molar-refractivity contribution in [3.63, 3.8) is 0 Å². The maximum Gasteiger partial charge on any atom is 0.196 e. The lowest BCUT2D eigenvalue weighted by atomic mass is 10.0. The predicted molar refractivity (Wildman–Crippen MR) is 66.3 cm³/mol. The van der Waals surface area contributed by atoms with E-state index in [9.17, 15) is 13.6 Å². The van der Waals surface area contributed by atoms with E-state index in [1.165, 1.54) is 18.2 Å². The van der Waals surface area contributed by atoms with Crippen molar-refractivity contribution in [1.29, 1.82) is 0 Å². The van der Waals surface area contributed by atoms with Crippen LogP contribution >= 0.6 is 23.2 Å². The highest BCUT2D eigenvalue weighted by Crippen LogP contribution is 2.27. The summed E-state index contributed by atoms with van der Waals surface area (Å²) in [7, 11) is 0. The minimum atomic E-state index is -1.09. The van der Waals surface area contributed by atoms with Crippen molar-refractivity contribution in [2.75, 3.05) is 0 Å². The van der Waals surface area contributed by atoms with Crippen molar-refractivity contribution < 1.29 is 13.6 Å². The van der Waals surface area contributed by atoms with Gasteiger partial charge in [-0.1, -0.05) is 29.3 Å². The number of carbonyl (C=O) groups is 1. The molecule has 0 N–H and O–H groups in total. The Morgan fingerprint density at radius 1 is 0.944 bits per heavy atom. The molecule has 0 unspecified atom stereocenters. The Hall–Kier alpha value is -1.45. The van der Waals surface area contributed by atoms with Gasteiger partial charge < -0.3 is 0 Å². The van der Waals surface area contributed by atoms with Crippen LogP contribution in [0.3, 0.4) is 0 Å². The molecule has 0 amide bonds. The summed E-state index contributed by atoms with van der Waals surface area (Å²) in [6.45, 7) is 0. The van der Waals surface area contributed by atoms with E-state index >= 15 is 0 Å². The highest BCUT2D eigenvalue weighted by Gasteiger charge is 2.17. The number of halogens is 4. The fourth-order valence-corrected chi connectivity index (χ4v) is 2.07. The fraction of sp³-hybridized carbons (Fsp3) is 0. The minimum Gasteiger partial charge on any atom is -0.288 e. The first-order chi connectivity index (χ1) is 8.50. The average Bonchev–Trinajstić information content (AvgIpc) is 2.32. The maximum atomic E-state index is 13.1. The Labute approximate surface area is 112 Å². The van der Waals surface area contributed by atoms with Gasteiger partial charge in [0.1, 0.15) is 0 Å². The van der Waals surface area contributed by atoms with Gasteiger partial charge in [0, 0.05) is 5.56 Å². The topological polar surface area (TPSA) is 17.1 Å². The lowest BCUT2D eigenvalue weighted by molar-refractivity contribution is 0.103. The van der Waals surface area contributed by atoms with E-state index < -0.39 is 17.4 Å². The van der Waals surface area contributed by atoms with E-state index in [1.807, 2.05) is 0 Å². The third kappa shape index (κ3) is 2.37. The molecule has 0 saturated carbocycles. The van der Waals surface area contributed by atoms with Gasteiger partial charge in [0.2, 0.25) is 0 Å². The van der Waals surface area contributed by atoms with E-state index in [2.05, 4.69) is 0 Å². The third-order valence-corrected chi connectivity index (χ3v) is 3.00. The molecular weight excluding hydrogens is 281 g/mol. The zero-order chi connectivity index (χ0) is 13.3. The Bertz CT molecular complexity index is 606. The van der Waals surface area contributed by atoms with Gasteiger partial charge in [-0.15, -0.1) is 0 Å². The molecular formula is C13H6Cl2F2O. The van der Waals surface area contributed by atoms with Gasteiger partial charge in [-0.2, -0.15) is 0 Å². The van der Waals surface area contributed by atoms with Crippen molar-refractivity contribution in [3.05, 3.63) is 69.2 Å². The van der Waals surface area contributed by atoms with Gasteiger partial charge >= 0.3 is 0 Å². The molecule has 2 rings (SSSR count). The van der Waals surface area contributed by atoms with Crippen LogP contribution in [-0.4, -0.2) is 5.78 Å². The van der Waals surface area contributed by atoms with Crippen LogP contribution < -0.4 is 0 Å². The van der Waals surface area contributed by atoms with Gasteiger partial charge in [0.25, 0.3) is 0 Å². The summed E-state index contributed by atoms with van der Waals surface area (Å²) in [5.41, 5.74) is 0.0655. The van der Waals surface area contributed by atoms with Gasteiger partial charge in [0.15, 0.2) is 17.4 Å². The summed E-state index contributed by atoms with van der Waals surface area (Å²) in [5, 5.41) is 0.328. The van der Waals surface area contributed by atoms with Gasteiger partial charge in [-0.05, 0) is 30.3 Å². The molecule has 2 aromatic carbocycles. The minimum absolute atomic E-state index is 0.0103. The van der Waals surface area contributed by atoms with Crippen molar-refractivity contribution in [2.45, 2.75) is 0 Å². The van der Waals surface area contributed by atoms with E-state index in [-0.39, 0.29) is 21.2 Å². The Morgan fingerprint density at radius 3 is 2.11 bits per heavy atom. The van der Waals surface area contributed by atoms with Crippen LogP contribution in [-0.2, 0) is 0 Å². The first-order valence-corrected chi connectivity index (χ1v) is 5.70. The number of benzene rings is 2. The summed E-state index contributed by atoms with van der Waals surface area (Å²) >= 11 is 11.7. The SMILES string of the molecule is O=C(c1ccc(F)c(F)c1)c1c(Cl)cccc1Cl. The van der Waals surface area contributed by atoms with Crippen molar-refractivity contribution in [1.82, 2.24) is 0 Å². The lowest BCUT2D eigenvalue weighted by Crippen LogP contribution is -2.04. The molecule has 0 fully saturated rings. The molecule has 0 atom stereocenters. The normalized spacial score (nSPS) is 10.4. The van der Waals surface area contributed by atoms with Crippen molar-refractivity contribution in [3.8, 4) is 0 Å². The average molecular weight is 287 g/mol. The molecule has 0 radical (unpaired) electrons. The summed E-state index contributed by atoms with van der Waals surface area (Å²) in [5.74, 6) is -2.66. The Kier molecular flexibility index (Phi) is 3.64. The molecule has 0 heterocycles. The van der Waals surface area contributed by atoms with E-state index in [1.54, 1.807) is 6.07 Å². The summed E-state index contributed by atoms with van der Waals surface area (Å²) in [6, 6.07) is 7.47. The highest BCUT2D eigenvalue weighted by atomic mass is 35.5. The summed E-state index contributed by atoms with van der Waals surface area (Å²) in [6.07, 6.45) is 0. The number of hydrogen-bond acceptors (Lipinski definition) is 1. The monoisotopic (exact) mass is 286 g/mol. The molecule has 0 aromatic heterocycles. The molecule has 5 heteroatoms. The standard InChI is InChI=1S/C13H6Cl2F2O/c14-8-2-1-3-9(15)12(8)13(18)7-4-5-10(16)11(17)6-7/h1-6H. The number of rotatable bonds is 2. The number of hydrogen-bond donors (Lipinski definition) is 0. The van der Waals surface area contributed by atoms with Crippen LogP contribution in [0.2, 0.25) is 10.0 Å². The second kappa shape index (κ2) is 5.04. The predicted octanol–water partition coefficient (Wildman–Crippen LogP) is 4.50. The fourth-order valence-electron chi connectivity index (χ4n) is 1.50. The molecule has 1 nitrogen and oxygen atoms in total. The second-order valence-corrected chi connectivity index (χ2v) is 4.37. The largest absolute Gasteiger partial charge is 0.288 e. The number of carbonyl (C=O) groups excluding carboxylic acids is 1. The van der Waals surface area contributed by atoms with Crippen LogP contribution in [0.5, 0.6) is 0 Å². The molecule has 92 valence electrons. The molecule has 0 saturated heterocycles. The van der Waals surface area contributed by atoms with Crippen LogP contribution in [0.15, 0.2) is 36.4 Å². The van der Waals surface area contributed by atoms with Gasteiger partial charge in [0.05, 0.1) is 15.6 Å². The van der Waals surface area contributed by atoms with E-state index in [0.717, 1.165) is 12.1 Å². The summed E-state index contributed by atoms with van der Waals surface area (Å²) < 4.78 is 25.8. The van der Waals surface area contributed by atoms with Crippen LogP contribution in [0.25, 0.3) is 0 Å². The van der Waals surface area contributed by atoms with Crippen LogP contribution in [0.1, 0.15) is 15.9 Å². The molecule has 0 bridgehead atoms. The van der Waals surface area contributed by atoms with Crippen LogP contribution in [0.4, 0.5) is 8.78 Å². The molecule has 0 aliphatic rings. The molecule has 2 aromatic rings.